The standard InChI is InChI=1S/C9H6N4OS2/c10-8-7(12-14-13-8)9-11-5(4-16-9)6-2-1-3-15-6/h1-4H,(H2,10,13). The minimum atomic E-state index is 0.270. The minimum absolute atomic E-state index is 0.270. The van der Waals surface area contributed by atoms with Crippen molar-refractivity contribution in [3.8, 4) is 21.3 Å². The van der Waals surface area contributed by atoms with Crippen LogP contribution in [0.3, 0.4) is 0 Å². The van der Waals surface area contributed by atoms with Gasteiger partial charge >= 0.3 is 0 Å². The molecular formula is C9H6N4OS2. The van der Waals surface area contributed by atoms with Crippen molar-refractivity contribution in [2.45, 2.75) is 0 Å². The van der Waals surface area contributed by atoms with Gasteiger partial charge in [-0.25, -0.2) is 9.61 Å². The van der Waals surface area contributed by atoms with E-state index in [4.69, 9.17) is 5.73 Å². The third-order valence-corrected chi connectivity index (χ3v) is 3.74. The van der Waals surface area contributed by atoms with Crippen molar-refractivity contribution in [1.29, 1.82) is 0 Å². The Kier molecular flexibility index (Phi) is 2.19. The first kappa shape index (κ1) is 9.49. The van der Waals surface area contributed by atoms with E-state index < -0.39 is 0 Å². The second-order valence-corrected chi connectivity index (χ2v) is 4.82. The van der Waals surface area contributed by atoms with Crippen LogP contribution in [0.15, 0.2) is 27.5 Å². The summed E-state index contributed by atoms with van der Waals surface area (Å²) in [4.78, 5) is 5.57. The quantitative estimate of drug-likeness (QED) is 0.756. The zero-order valence-corrected chi connectivity index (χ0v) is 9.59. The molecule has 0 fully saturated rings. The fourth-order valence-electron chi connectivity index (χ4n) is 1.26. The lowest BCUT2D eigenvalue weighted by Crippen LogP contribution is -1.87. The van der Waals surface area contributed by atoms with E-state index in [1.165, 1.54) is 11.3 Å². The van der Waals surface area contributed by atoms with E-state index in [0.29, 0.717) is 5.69 Å². The maximum Gasteiger partial charge on any atom is 0.198 e. The van der Waals surface area contributed by atoms with Gasteiger partial charge in [0, 0.05) is 5.38 Å². The van der Waals surface area contributed by atoms with E-state index in [1.807, 2.05) is 22.9 Å². The van der Waals surface area contributed by atoms with E-state index in [1.54, 1.807) is 11.3 Å². The number of aromatic nitrogens is 3. The van der Waals surface area contributed by atoms with Crippen LogP contribution in [0.1, 0.15) is 0 Å². The molecule has 0 aliphatic carbocycles. The highest BCUT2D eigenvalue weighted by atomic mass is 32.1. The zero-order valence-electron chi connectivity index (χ0n) is 7.95. The largest absolute Gasteiger partial charge is 0.379 e. The van der Waals surface area contributed by atoms with E-state index in [0.717, 1.165) is 15.6 Å². The Labute approximate surface area is 98.5 Å². The summed E-state index contributed by atoms with van der Waals surface area (Å²) in [6, 6.07) is 4.01. The summed E-state index contributed by atoms with van der Waals surface area (Å²) in [5.74, 6) is 0.270. The molecule has 0 saturated heterocycles. The molecule has 0 saturated carbocycles. The molecule has 80 valence electrons. The Hall–Kier alpha value is -1.73. The predicted octanol–water partition coefficient (Wildman–Crippen LogP) is 2.50. The predicted molar refractivity (Wildman–Crippen MR) is 63.1 cm³/mol. The lowest BCUT2D eigenvalue weighted by atomic mass is 10.4. The van der Waals surface area contributed by atoms with Gasteiger partial charge in [0.2, 0.25) is 0 Å². The number of hydrogen-bond acceptors (Lipinski definition) is 7. The summed E-state index contributed by atoms with van der Waals surface area (Å²) < 4.78 is 4.54. The maximum atomic E-state index is 5.60. The Morgan fingerprint density at radius 3 is 2.88 bits per heavy atom. The number of thiophene rings is 1. The summed E-state index contributed by atoms with van der Waals surface area (Å²) in [7, 11) is 0. The highest BCUT2D eigenvalue weighted by Crippen LogP contribution is 2.31. The molecule has 3 aromatic heterocycles. The molecule has 0 aliphatic heterocycles. The Morgan fingerprint density at radius 1 is 1.25 bits per heavy atom. The highest BCUT2D eigenvalue weighted by Gasteiger charge is 2.14. The number of hydrogen-bond donors (Lipinski definition) is 1. The first-order valence-corrected chi connectivity index (χ1v) is 6.18. The van der Waals surface area contributed by atoms with Crippen LogP contribution in [0.25, 0.3) is 21.3 Å². The smallest absolute Gasteiger partial charge is 0.198 e. The van der Waals surface area contributed by atoms with Crippen LogP contribution < -0.4 is 5.73 Å². The Balaban J connectivity index is 2.03. The third kappa shape index (κ3) is 1.50. The zero-order chi connectivity index (χ0) is 11.0. The number of thiazole rings is 1. The first-order chi connectivity index (χ1) is 7.84. The molecule has 3 rings (SSSR count). The number of anilines is 1. The minimum Gasteiger partial charge on any atom is -0.379 e. The van der Waals surface area contributed by atoms with Gasteiger partial charge in [-0.1, -0.05) is 6.07 Å². The topological polar surface area (TPSA) is 77.8 Å². The van der Waals surface area contributed by atoms with Crippen molar-refractivity contribution in [1.82, 2.24) is 15.3 Å². The molecule has 16 heavy (non-hydrogen) atoms. The van der Waals surface area contributed by atoms with Crippen LogP contribution in [0.2, 0.25) is 0 Å². The summed E-state index contributed by atoms with van der Waals surface area (Å²) in [5.41, 5.74) is 7.04. The number of nitrogens with zero attached hydrogens (tertiary/aromatic N) is 3. The molecule has 0 unspecified atom stereocenters. The van der Waals surface area contributed by atoms with Crippen LogP contribution in [-0.4, -0.2) is 15.3 Å². The monoisotopic (exact) mass is 250 g/mol. The summed E-state index contributed by atoms with van der Waals surface area (Å²) in [5, 5.41) is 12.0. The molecule has 0 spiro atoms. The molecule has 0 bridgehead atoms. The van der Waals surface area contributed by atoms with Gasteiger partial charge in [-0.15, -0.1) is 22.7 Å². The van der Waals surface area contributed by atoms with Crippen LogP contribution in [0, 0.1) is 0 Å². The molecule has 0 radical (unpaired) electrons. The summed E-state index contributed by atoms with van der Waals surface area (Å²) in [6.45, 7) is 0. The number of nitrogen functional groups attached to an aromatic ring is 1. The average Bonchev–Trinajstić information content (AvgIpc) is 2.96. The third-order valence-electron chi connectivity index (χ3n) is 1.99. The van der Waals surface area contributed by atoms with Crippen molar-refractivity contribution in [3.63, 3.8) is 0 Å². The molecule has 0 aliphatic rings. The summed E-state index contributed by atoms with van der Waals surface area (Å²) >= 11 is 3.12. The van der Waals surface area contributed by atoms with Crippen LogP contribution in [0.5, 0.6) is 0 Å². The molecule has 7 heteroatoms. The molecule has 3 aromatic rings. The average molecular weight is 250 g/mol. The van der Waals surface area contributed by atoms with E-state index >= 15 is 0 Å². The Bertz CT molecular complexity index is 599. The van der Waals surface area contributed by atoms with Crippen molar-refractivity contribution >= 4 is 28.5 Å². The maximum absolute atomic E-state index is 5.60. The van der Waals surface area contributed by atoms with Crippen LogP contribution in [-0.2, 0) is 0 Å². The van der Waals surface area contributed by atoms with Gasteiger partial charge in [-0.3, -0.25) is 0 Å². The van der Waals surface area contributed by atoms with Gasteiger partial charge in [0.05, 0.1) is 10.6 Å². The molecule has 5 nitrogen and oxygen atoms in total. The van der Waals surface area contributed by atoms with Gasteiger partial charge in [-0.2, -0.15) is 0 Å². The fraction of sp³-hybridized carbons (Fsp3) is 0. The van der Waals surface area contributed by atoms with Crippen molar-refractivity contribution in [2.75, 3.05) is 5.73 Å². The lowest BCUT2D eigenvalue weighted by Gasteiger charge is -1.88. The van der Waals surface area contributed by atoms with E-state index in [2.05, 4.69) is 19.9 Å². The molecule has 0 atom stereocenters. The van der Waals surface area contributed by atoms with Gasteiger partial charge in [0.1, 0.15) is 5.01 Å². The second kappa shape index (κ2) is 3.69. The normalized spacial score (nSPS) is 10.8. The molecule has 3 heterocycles. The van der Waals surface area contributed by atoms with Crippen LogP contribution >= 0.6 is 22.7 Å². The van der Waals surface area contributed by atoms with Gasteiger partial charge < -0.3 is 5.73 Å². The molecule has 2 N–H and O–H groups in total. The van der Waals surface area contributed by atoms with Crippen molar-refractivity contribution < 1.29 is 4.63 Å². The SMILES string of the molecule is Nc1nonc1-c1nc(-c2cccs2)cs1. The molecule has 0 aromatic carbocycles. The molecular weight excluding hydrogens is 244 g/mol. The fourth-order valence-corrected chi connectivity index (χ4v) is 2.83. The van der Waals surface area contributed by atoms with E-state index in [9.17, 15) is 0 Å². The van der Waals surface area contributed by atoms with Gasteiger partial charge in [-0.05, 0) is 21.8 Å². The van der Waals surface area contributed by atoms with E-state index in [-0.39, 0.29) is 5.82 Å². The summed E-state index contributed by atoms with van der Waals surface area (Å²) in [6.07, 6.45) is 0. The highest BCUT2D eigenvalue weighted by molar-refractivity contribution is 7.15. The first-order valence-electron chi connectivity index (χ1n) is 4.42. The number of nitrogens with two attached hydrogens (primary N) is 1. The second-order valence-electron chi connectivity index (χ2n) is 3.01. The van der Waals surface area contributed by atoms with Crippen molar-refractivity contribution in [2.24, 2.45) is 0 Å². The Morgan fingerprint density at radius 2 is 2.19 bits per heavy atom. The molecule has 0 amide bonds. The number of rotatable bonds is 2. The van der Waals surface area contributed by atoms with Gasteiger partial charge in [0.15, 0.2) is 11.5 Å². The lowest BCUT2D eigenvalue weighted by molar-refractivity contribution is 0.310. The van der Waals surface area contributed by atoms with Gasteiger partial charge in [0.25, 0.3) is 0 Å². The van der Waals surface area contributed by atoms with Crippen molar-refractivity contribution in [3.05, 3.63) is 22.9 Å². The van der Waals surface area contributed by atoms with Crippen LogP contribution in [0.4, 0.5) is 5.82 Å².